The van der Waals surface area contributed by atoms with Gasteiger partial charge in [-0.05, 0) is 51.6 Å². The Morgan fingerprint density at radius 3 is 2.20 bits per heavy atom. The Kier molecular flexibility index (Phi) is 11.2. The summed E-state index contributed by atoms with van der Waals surface area (Å²) in [5.41, 5.74) is -0.556. The van der Waals surface area contributed by atoms with Crippen molar-refractivity contribution < 1.29 is 28.3 Å². The van der Waals surface area contributed by atoms with Gasteiger partial charge >= 0.3 is 20.5 Å². The van der Waals surface area contributed by atoms with Crippen LogP contribution in [0.5, 0.6) is 0 Å². The molecule has 7 heteroatoms. The lowest BCUT2D eigenvalue weighted by molar-refractivity contribution is -0.155. The molecule has 25 heavy (non-hydrogen) atoms. The minimum absolute atomic E-state index is 0.198. The first-order valence-electron chi connectivity index (χ1n) is 9.18. The second-order valence-corrected chi connectivity index (χ2v) is 10.6. The summed E-state index contributed by atoms with van der Waals surface area (Å²) >= 11 is 0. The van der Waals surface area contributed by atoms with Gasteiger partial charge in [0.25, 0.3) is 0 Å². The molecule has 0 fully saturated rings. The summed E-state index contributed by atoms with van der Waals surface area (Å²) in [6.45, 7) is 8.09. The van der Waals surface area contributed by atoms with Crippen LogP contribution in [-0.4, -0.2) is 46.4 Å². The van der Waals surface area contributed by atoms with Gasteiger partial charge in [0, 0.05) is 14.2 Å². The van der Waals surface area contributed by atoms with Crippen molar-refractivity contribution in [3.63, 3.8) is 0 Å². The topological polar surface area (TPSA) is 82.1 Å². The average Bonchev–Trinajstić information content (AvgIpc) is 2.61. The summed E-state index contributed by atoms with van der Waals surface area (Å²) in [6.07, 6.45) is 3.97. The third-order valence-corrected chi connectivity index (χ3v) is 8.26. The van der Waals surface area contributed by atoms with Crippen molar-refractivity contribution in [2.75, 3.05) is 20.8 Å². The summed E-state index contributed by atoms with van der Waals surface area (Å²) in [4.78, 5) is 23.5. The summed E-state index contributed by atoms with van der Waals surface area (Å²) in [5, 5.41) is 9.11. The van der Waals surface area contributed by atoms with Crippen LogP contribution < -0.4 is 0 Å². The van der Waals surface area contributed by atoms with Crippen molar-refractivity contribution in [2.45, 2.75) is 71.9 Å². The van der Waals surface area contributed by atoms with E-state index in [0.29, 0.717) is 45.1 Å². The molecule has 148 valence electrons. The van der Waals surface area contributed by atoms with Crippen LogP contribution in [0.1, 0.15) is 59.3 Å². The molecule has 0 aromatic carbocycles. The van der Waals surface area contributed by atoms with E-state index >= 15 is 0 Å². The van der Waals surface area contributed by atoms with Gasteiger partial charge in [0.05, 0.1) is 17.9 Å². The zero-order chi connectivity index (χ0) is 19.5. The van der Waals surface area contributed by atoms with E-state index in [-0.39, 0.29) is 11.9 Å². The van der Waals surface area contributed by atoms with E-state index in [4.69, 9.17) is 18.7 Å². The highest BCUT2D eigenvalue weighted by atomic mass is 28.4. The predicted octanol–water partition coefficient (Wildman–Crippen LogP) is 3.98. The highest BCUT2D eigenvalue weighted by molar-refractivity contribution is 6.65. The van der Waals surface area contributed by atoms with Crippen LogP contribution in [0, 0.1) is 11.3 Å². The number of aliphatic carboxylic acids is 1. The van der Waals surface area contributed by atoms with E-state index in [2.05, 4.69) is 0 Å². The number of rotatable bonds is 14. The quantitative estimate of drug-likeness (QED) is 0.280. The first-order valence-corrected chi connectivity index (χ1v) is 11.7. The van der Waals surface area contributed by atoms with Crippen LogP contribution in [0.15, 0.2) is 0 Å². The first-order chi connectivity index (χ1) is 11.7. The molecule has 0 spiro atoms. The average molecular weight is 377 g/mol. The number of carbonyl (C=O) groups is 2. The lowest BCUT2D eigenvalue weighted by Gasteiger charge is -2.27. The van der Waals surface area contributed by atoms with E-state index < -0.39 is 19.9 Å². The van der Waals surface area contributed by atoms with E-state index in [1.165, 1.54) is 0 Å². The highest BCUT2D eigenvalue weighted by Gasteiger charge is 2.33. The molecule has 0 aliphatic heterocycles. The Bertz CT molecular complexity index is 410. The zero-order valence-corrected chi connectivity index (χ0v) is 17.7. The summed E-state index contributed by atoms with van der Waals surface area (Å²) in [5.74, 6) is -1.29. The molecule has 0 aliphatic carbocycles. The molecule has 0 saturated carbocycles. The Morgan fingerprint density at radius 2 is 1.76 bits per heavy atom. The molecule has 0 radical (unpaired) electrons. The molecule has 2 unspecified atom stereocenters. The Balaban J connectivity index is 4.36. The van der Waals surface area contributed by atoms with Gasteiger partial charge in [-0.1, -0.05) is 20.3 Å². The fraction of sp³-hybridized carbons (Fsp3) is 0.889. The molecule has 0 bridgehead atoms. The summed E-state index contributed by atoms with van der Waals surface area (Å²) < 4.78 is 16.3. The number of carbonyl (C=O) groups excluding carboxylic acids is 1. The van der Waals surface area contributed by atoms with Gasteiger partial charge in [0.15, 0.2) is 0 Å². The van der Waals surface area contributed by atoms with Gasteiger partial charge in [0.1, 0.15) is 0 Å². The lowest BCUT2D eigenvalue weighted by atomic mass is 9.81. The standard InChI is InChI=1S/C18H36O6Si/c1-7-15(16(19)20)11-9-12-18(3,8-2)17(21)24-13-10-14-25(6,22-4)23-5/h15H,7-14H2,1-6H3,(H,19,20). The van der Waals surface area contributed by atoms with E-state index in [0.717, 1.165) is 6.04 Å². The van der Waals surface area contributed by atoms with Crippen LogP contribution in [-0.2, 0) is 23.2 Å². The number of carboxylic acids is 1. The maximum Gasteiger partial charge on any atom is 0.334 e. The molecular formula is C18H36O6Si. The number of hydrogen-bond donors (Lipinski definition) is 1. The largest absolute Gasteiger partial charge is 0.481 e. The zero-order valence-electron chi connectivity index (χ0n) is 16.7. The Hall–Kier alpha value is -0.923. The maximum absolute atomic E-state index is 12.4. The SMILES string of the molecule is CCC(CCCC(C)(CC)C(=O)OCCC[Si](C)(OC)OC)C(=O)O. The molecule has 2 atom stereocenters. The van der Waals surface area contributed by atoms with Crippen LogP contribution in [0.4, 0.5) is 0 Å². The molecule has 6 nitrogen and oxygen atoms in total. The van der Waals surface area contributed by atoms with Gasteiger partial charge < -0.3 is 18.7 Å². The van der Waals surface area contributed by atoms with Crippen LogP contribution in [0.3, 0.4) is 0 Å². The van der Waals surface area contributed by atoms with Crippen molar-refractivity contribution in [3.8, 4) is 0 Å². The molecule has 0 rings (SSSR count). The van der Waals surface area contributed by atoms with Gasteiger partial charge in [-0.15, -0.1) is 0 Å². The number of hydrogen-bond acceptors (Lipinski definition) is 5. The minimum Gasteiger partial charge on any atom is -0.481 e. The van der Waals surface area contributed by atoms with Crippen LogP contribution in [0.2, 0.25) is 12.6 Å². The number of ether oxygens (including phenoxy) is 1. The molecular weight excluding hydrogens is 340 g/mol. The van der Waals surface area contributed by atoms with Gasteiger partial charge in [-0.3, -0.25) is 9.59 Å². The van der Waals surface area contributed by atoms with Crippen molar-refractivity contribution in [3.05, 3.63) is 0 Å². The fourth-order valence-electron chi connectivity index (χ4n) is 2.68. The number of carboxylic acid groups (broad SMARTS) is 1. The maximum atomic E-state index is 12.4. The highest BCUT2D eigenvalue weighted by Crippen LogP contribution is 2.31. The van der Waals surface area contributed by atoms with Crippen molar-refractivity contribution in [1.29, 1.82) is 0 Å². The fourth-order valence-corrected chi connectivity index (χ4v) is 4.05. The van der Waals surface area contributed by atoms with Crippen molar-refractivity contribution in [2.24, 2.45) is 11.3 Å². The minimum atomic E-state index is -2.12. The van der Waals surface area contributed by atoms with E-state index in [1.54, 1.807) is 14.2 Å². The van der Waals surface area contributed by atoms with Gasteiger partial charge in [-0.25, -0.2) is 0 Å². The second kappa shape index (κ2) is 11.6. The summed E-state index contributed by atoms with van der Waals surface area (Å²) in [6, 6.07) is 0.771. The molecule has 0 saturated heterocycles. The Morgan fingerprint density at radius 1 is 1.16 bits per heavy atom. The van der Waals surface area contributed by atoms with E-state index in [9.17, 15) is 9.59 Å². The molecule has 0 aromatic rings. The molecule has 0 aliphatic rings. The van der Waals surface area contributed by atoms with Crippen molar-refractivity contribution in [1.82, 2.24) is 0 Å². The molecule has 0 heterocycles. The monoisotopic (exact) mass is 376 g/mol. The molecule has 1 N–H and O–H groups in total. The first kappa shape index (κ1) is 24.1. The molecule has 0 amide bonds. The second-order valence-electron chi connectivity index (χ2n) is 7.03. The third kappa shape index (κ3) is 8.33. The smallest absolute Gasteiger partial charge is 0.334 e. The molecule has 0 aromatic heterocycles. The number of esters is 1. The van der Waals surface area contributed by atoms with Crippen molar-refractivity contribution >= 4 is 20.5 Å². The lowest BCUT2D eigenvalue weighted by Crippen LogP contribution is -2.36. The van der Waals surface area contributed by atoms with Gasteiger partial charge in [-0.2, -0.15) is 0 Å². The normalized spacial score (nSPS) is 15.4. The predicted molar refractivity (Wildman–Crippen MR) is 99.7 cm³/mol. The van der Waals surface area contributed by atoms with Crippen LogP contribution >= 0.6 is 0 Å². The van der Waals surface area contributed by atoms with Gasteiger partial charge in [0.2, 0.25) is 0 Å². The van der Waals surface area contributed by atoms with E-state index in [1.807, 2.05) is 27.3 Å². The summed E-state index contributed by atoms with van der Waals surface area (Å²) in [7, 11) is 1.18. The Labute approximate surface area is 153 Å². The third-order valence-electron chi connectivity index (χ3n) is 5.27. The van der Waals surface area contributed by atoms with Crippen LogP contribution in [0.25, 0.3) is 0 Å².